The smallest absolute Gasteiger partial charge is 0.326 e. The van der Waals surface area contributed by atoms with Gasteiger partial charge in [-0.3, -0.25) is 0 Å². The van der Waals surface area contributed by atoms with Crippen LogP contribution >= 0.6 is 0 Å². The zero-order valence-electron chi connectivity index (χ0n) is 15.4. The summed E-state index contributed by atoms with van der Waals surface area (Å²) < 4.78 is 5.02. The van der Waals surface area contributed by atoms with Gasteiger partial charge in [0, 0.05) is 12.8 Å². The molecule has 0 aliphatic carbocycles. The van der Waals surface area contributed by atoms with Crippen molar-refractivity contribution in [2.45, 2.75) is 44.2 Å². The number of carbonyl (C=O) groups excluding carboxylic acids is 1. The molecule has 2 rings (SSSR count). The fourth-order valence-electron chi connectivity index (χ4n) is 2.49. The Hall–Kier alpha value is -3.22. The number of hydrogen-bond acceptors (Lipinski definition) is 9. The number of amides is 2. The molecule has 8 N–H and O–H groups in total. The zero-order valence-corrected chi connectivity index (χ0v) is 15.4. The number of nitrogens with one attached hydrogen (secondary N) is 2. The van der Waals surface area contributed by atoms with Crippen molar-refractivity contribution in [3.63, 3.8) is 0 Å². The predicted octanol–water partition coefficient (Wildman–Crippen LogP) is -0.639. The van der Waals surface area contributed by atoms with Crippen LogP contribution < -0.4 is 16.4 Å². The highest BCUT2D eigenvalue weighted by molar-refractivity contribution is 5.82. The van der Waals surface area contributed by atoms with E-state index in [1.807, 2.05) is 0 Å². The van der Waals surface area contributed by atoms with E-state index in [0.29, 0.717) is 5.56 Å². The molecule has 12 heteroatoms. The number of phenolic OH excluding ortho intramolecular Hbond substituents is 1. The summed E-state index contributed by atoms with van der Waals surface area (Å²) >= 11 is 0. The van der Waals surface area contributed by atoms with Gasteiger partial charge in [0.2, 0.25) is 5.89 Å². The van der Waals surface area contributed by atoms with Crippen LogP contribution in [0.25, 0.3) is 0 Å². The third kappa shape index (κ3) is 7.03. The first-order valence-corrected chi connectivity index (χ1v) is 8.75. The monoisotopic (exact) mass is 409 g/mol. The minimum absolute atomic E-state index is 0.00617. The maximum Gasteiger partial charge on any atom is 0.326 e. The molecule has 2 amide bonds. The van der Waals surface area contributed by atoms with Gasteiger partial charge < -0.3 is 41.3 Å². The SMILES string of the molecule is NCc1noc([C@H](CCC(O)O)NC(=O)N[C@@H](Cc2ccc(O)cc2)C(=O)O)n1. The molecular weight excluding hydrogens is 386 g/mol. The molecule has 12 nitrogen and oxygen atoms in total. The zero-order chi connectivity index (χ0) is 21.4. The van der Waals surface area contributed by atoms with Crippen molar-refractivity contribution in [1.29, 1.82) is 0 Å². The first-order chi connectivity index (χ1) is 13.8. The summed E-state index contributed by atoms with van der Waals surface area (Å²) in [6.45, 7) is 0.0127. The van der Waals surface area contributed by atoms with Crippen LogP contribution in [0.15, 0.2) is 28.8 Å². The van der Waals surface area contributed by atoms with E-state index in [4.69, 9.17) is 20.5 Å². The second kappa shape index (κ2) is 10.4. The van der Waals surface area contributed by atoms with Gasteiger partial charge in [-0.1, -0.05) is 17.3 Å². The lowest BCUT2D eigenvalue weighted by molar-refractivity contribution is -0.139. The summed E-state index contributed by atoms with van der Waals surface area (Å²) in [5, 5.41) is 45.3. The number of aliphatic hydroxyl groups is 2. The number of urea groups is 1. The van der Waals surface area contributed by atoms with Gasteiger partial charge in [-0.05, 0) is 24.1 Å². The highest BCUT2D eigenvalue weighted by Gasteiger charge is 2.25. The molecule has 0 aliphatic heterocycles. The third-order valence-corrected chi connectivity index (χ3v) is 3.96. The van der Waals surface area contributed by atoms with Gasteiger partial charge >= 0.3 is 12.0 Å². The van der Waals surface area contributed by atoms with Crippen LogP contribution in [0.3, 0.4) is 0 Å². The molecule has 0 fully saturated rings. The van der Waals surface area contributed by atoms with Crippen molar-refractivity contribution in [3.05, 3.63) is 41.5 Å². The number of hydrogen-bond donors (Lipinski definition) is 7. The van der Waals surface area contributed by atoms with Gasteiger partial charge in [-0.15, -0.1) is 0 Å². The second-order valence-corrected chi connectivity index (χ2v) is 6.24. The number of nitrogens with two attached hydrogens (primary N) is 1. The number of aromatic nitrogens is 2. The van der Waals surface area contributed by atoms with E-state index < -0.39 is 30.4 Å². The number of aliphatic carboxylic acids is 1. The molecule has 0 radical (unpaired) electrons. The summed E-state index contributed by atoms with van der Waals surface area (Å²) in [6.07, 6.45) is -1.67. The van der Waals surface area contributed by atoms with E-state index in [2.05, 4.69) is 20.8 Å². The Kier molecular flexibility index (Phi) is 7.88. The highest BCUT2D eigenvalue weighted by atomic mass is 16.5. The molecular formula is C17H23N5O7. The average molecular weight is 409 g/mol. The van der Waals surface area contributed by atoms with Crippen molar-refractivity contribution in [2.75, 3.05) is 0 Å². The maximum atomic E-state index is 12.3. The second-order valence-electron chi connectivity index (χ2n) is 6.24. The molecule has 1 aromatic heterocycles. The number of carboxylic acid groups (broad SMARTS) is 1. The average Bonchev–Trinajstić information content (AvgIpc) is 3.15. The maximum absolute atomic E-state index is 12.3. The topological polar surface area (TPSA) is 204 Å². The Morgan fingerprint density at radius 2 is 1.83 bits per heavy atom. The van der Waals surface area contributed by atoms with Gasteiger partial charge in [0.1, 0.15) is 17.8 Å². The van der Waals surface area contributed by atoms with Gasteiger partial charge in [0.05, 0.1) is 6.54 Å². The summed E-state index contributed by atoms with van der Waals surface area (Å²) in [7, 11) is 0. The number of rotatable bonds is 10. The number of aromatic hydroxyl groups is 1. The summed E-state index contributed by atoms with van der Waals surface area (Å²) in [5.41, 5.74) is 6.02. The van der Waals surface area contributed by atoms with Crippen LogP contribution in [0.5, 0.6) is 5.75 Å². The van der Waals surface area contributed by atoms with Crippen LogP contribution in [0.2, 0.25) is 0 Å². The lowest BCUT2D eigenvalue weighted by Gasteiger charge is -2.19. The Morgan fingerprint density at radius 3 is 2.38 bits per heavy atom. The Bertz CT molecular complexity index is 809. The minimum atomic E-state index is -1.61. The molecule has 2 aromatic rings. The molecule has 0 saturated heterocycles. The van der Waals surface area contributed by atoms with E-state index in [-0.39, 0.29) is 43.3 Å². The number of benzene rings is 1. The molecule has 0 bridgehead atoms. The minimum Gasteiger partial charge on any atom is -0.508 e. The first kappa shape index (κ1) is 22.1. The van der Waals surface area contributed by atoms with Crippen molar-refractivity contribution in [2.24, 2.45) is 5.73 Å². The van der Waals surface area contributed by atoms with E-state index in [9.17, 15) is 19.8 Å². The third-order valence-electron chi connectivity index (χ3n) is 3.96. The summed E-state index contributed by atoms with van der Waals surface area (Å²) in [5.74, 6) is -1.01. The molecule has 2 atom stereocenters. The summed E-state index contributed by atoms with van der Waals surface area (Å²) in [4.78, 5) is 27.9. The van der Waals surface area contributed by atoms with Gasteiger partial charge in [-0.25, -0.2) is 9.59 Å². The Morgan fingerprint density at radius 1 is 1.14 bits per heavy atom. The van der Waals surface area contributed by atoms with Crippen LogP contribution in [0.1, 0.15) is 36.2 Å². The number of aliphatic hydroxyl groups excluding tert-OH is 1. The quantitative estimate of drug-likeness (QED) is 0.247. The normalized spacial score (nSPS) is 13.1. The van der Waals surface area contributed by atoms with Crippen molar-refractivity contribution >= 4 is 12.0 Å². The van der Waals surface area contributed by atoms with Crippen molar-refractivity contribution < 1.29 is 34.5 Å². The standard InChI is InChI=1S/C17H23N5O7/c18-8-13-21-15(29-22-13)11(5-6-14(24)25)19-17(28)20-12(16(26)27)7-9-1-3-10(23)4-2-9/h1-4,11-12,14,23-25H,5-8,18H2,(H,26,27)(H2,19,20,28)/t11-,12-/m0/s1. The van der Waals surface area contributed by atoms with Crippen LogP contribution in [-0.4, -0.2) is 54.9 Å². The first-order valence-electron chi connectivity index (χ1n) is 8.75. The van der Waals surface area contributed by atoms with Crippen molar-refractivity contribution in [1.82, 2.24) is 20.8 Å². The molecule has 158 valence electrons. The van der Waals surface area contributed by atoms with Gasteiger partial charge in [0.15, 0.2) is 12.1 Å². The molecule has 0 aliphatic rings. The Labute approximate surface area is 165 Å². The van der Waals surface area contributed by atoms with Crippen molar-refractivity contribution in [3.8, 4) is 5.75 Å². The number of carboxylic acids is 1. The highest BCUT2D eigenvalue weighted by Crippen LogP contribution is 2.18. The molecule has 1 heterocycles. The Balaban J connectivity index is 2.05. The number of nitrogens with zero attached hydrogens (tertiary/aromatic N) is 2. The fourth-order valence-corrected chi connectivity index (χ4v) is 2.49. The van der Waals surface area contributed by atoms with Gasteiger partial charge in [-0.2, -0.15) is 4.98 Å². The molecule has 29 heavy (non-hydrogen) atoms. The summed E-state index contributed by atoms with van der Waals surface area (Å²) in [6, 6.07) is 2.97. The van der Waals surface area contributed by atoms with Crippen LogP contribution in [-0.2, 0) is 17.8 Å². The predicted molar refractivity (Wildman–Crippen MR) is 97.3 cm³/mol. The van der Waals surface area contributed by atoms with Crippen LogP contribution in [0.4, 0.5) is 4.79 Å². The van der Waals surface area contributed by atoms with E-state index in [1.165, 1.54) is 12.1 Å². The van der Waals surface area contributed by atoms with Gasteiger partial charge in [0.25, 0.3) is 0 Å². The molecule has 0 spiro atoms. The van der Waals surface area contributed by atoms with Crippen LogP contribution in [0, 0.1) is 0 Å². The fraction of sp³-hybridized carbons (Fsp3) is 0.412. The lowest BCUT2D eigenvalue weighted by atomic mass is 10.1. The molecule has 0 saturated carbocycles. The van der Waals surface area contributed by atoms with E-state index >= 15 is 0 Å². The van der Waals surface area contributed by atoms with E-state index in [0.717, 1.165) is 0 Å². The molecule has 0 unspecified atom stereocenters. The molecule has 1 aromatic carbocycles. The number of phenols is 1. The number of carbonyl (C=O) groups is 2. The largest absolute Gasteiger partial charge is 0.508 e. The lowest BCUT2D eigenvalue weighted by Crippen LogP contribution is -2.48. The van der Waals surface area contributed by atoms with E-state index in [1.54, 1.807) is 12.1 Å².